The van der Waals surface area contributed by atoms with Crippen LogP contribution in [0.1, 0.15) is 41.7 Å². The maximum Gasteiger partial charge on any atom is 0.307 e. The third-order valence-electron chi connectivity index (χ3n) is 6.79. The summed E-state index contributed by atoms with van der Waals surface area (Å²) in [6.07, 6.45) is 5.26. The molecule has 6 nitrogen and oxygen atoms in total. The minimum Gasteiger partial charge on any atom is -0.481 e. The summed E-state index contributed by atoms with van der Waals surface area (Å²) >= 11 is 1.44. The van der Waals surface area contributed by atoms with E-state index in [-0.39, 0.29) is 11.8 Å². The molecule has 196 valence electrons. The van der Waals surface area contributed by atoms with E-state index in [9.17, 15) is 19.5 Å². The van der Waals surface area contributed by atoms with E-state index in [4.69, 9.17) is 0 Å². The van der Waals surface area contributed by atoms with E-state index >= 15 is 0 Å². The summed E-state index contributed by atoms with van der Waals surface area (Å²) in [5.74, 6) is -2.68. The van der Waals surface area contributed by atoms with Crippen molar-refractivity contribution in [3.05, 3.63) is 102 Å². The van der Waals surface area contributed by atoms with Crippen LogP contribution in [0.4, 0.5) is 11.4 Å². The van der Waals surface area contributed by atoms with Crippen molar-refractivity contribution in [3.8, 4) is 0 Å². The lowest BCUT2D eigenvalue weighted by Crippen LogP contribution is -2.34. The van der Waals surface area contributed by atoms with Gasteiger partial charge in [0.1, 0.15) is 5.25 Å². The summed E-state index contributed by atoms with van der Waals surface area (Å²) in [5, 5.41) is 15.0. The first kappa shape index (κ1) is 27.2. The zero-order valence-corrected chi connectivity index (χ0v) is 22.3. The predicted octanol–water partition coefficient (Wildman–Crippen LogP) is 6.64. The molecule has 0 saturated heterocycles. The van der Waals surface area contributed by atoms with Gasteiger partial charge in [0, 0.05) is 16.3 Å². The van der Waals surface area contributed by atoms with E-state index in [1.54, 1.807) is 12.1 Å². The van der Waals surface area contributed by atoms with Crippen LogP contribution < -0.4 is 10.6 Å². The first-order valence-corrected chi connectivity index (χ1v) is 13.6. The lowest BCUT2D eigenvalue weighted by Gasteiger charge is -2.24. The Morgan fingerprint density at radius 1 is 0.895 bits per heavy atom. The molecule has 3 aromatic carbocycles. The van der Waals surface area contributed by atoms with Gasteiger partial charge in [-0.15, -0.1) is 11.8 Å². The highest BCUT2D eigenvalue weighted by atomic mass is 32.2. The number of allylic oxidation sites excluding steroid dienone is 2. The summed E-state index contributed by atoms with van der Waals surface area (Å²) in [6.45, 7) is 4.07. The molecule has 1 aliphatic rings. The van der Waals surface area contributed by atoms with E-state index in [2.05, 4.69) is 17.6 Å². The molecule has 38 heavy (non-hydrogen) atoms. The fourth-order valence-electron chi connectivity index (χ4n) is 4.66. The molecule has 1 aliphatic carbocycles. The Balaban J connectivity index is 1.50. The van der Waals surface area contributed by atoms with E-state index in [1.807, 2.05) is 79.7 Å². The summed E-state index contributed by atoms with van der Waals surface area (Å²) < 4.78 is 0. The van der Waals surface area contributed by atoms with Crippen molar-refractivity contribution in [2.75, 3.05) is 10.6 Å². The molecule has 7 heteroatoms. The second-order valence-electron chi connectivity index (χ2n) is 9.37. The quantitative estimate of drug-likeness (QED) is 0.214. The van der Waals surface area contributed by atoms with Crippen molar-refractivity contribution < 1.29 is 19.5 Å². The number of benzene rings is 3. The van der Waals surface area contributed by atoms with Gasteiger partial charge in [-0.1, -0.05) is 67.6 Å². The van der Waals surface area contributed by atoms with Crippen molar-refractivity contribution in [2.45, 2.75) is 43.3 Å². The molecule has 3 N–H and O–H groups in total. The van der Waals surface area contributed by atoms with E-state index in [0.29, 0.717) is 18.5 Å². The first-order chi connectivity index (χ1) is 18.4. The molecule has 2 amide bonds. The van der Waals surface area contributed by atoms with Crippen LogP contribution in [0.3, 0.4) is 0 Å². The summed E-state index contributed by atoms with van der Waals surface area (Å²) in [7, 11) is 0. The van der Waals surface area contributed by atoms with Gasteiger partial charge in [-0.25, -0.2) is 0 Å². The minimum absolute atomic E-state index is 0.104. The lowest BCUT2D eigenvalue weighted by molar-refractivity contribution is -0.146. The summed E-state index contributed by atoms with van der Waals surface area (Å²) in [6, 6.07) is 23.0. The number of amides is 2. The standard InChI is InChI=1S/C31H32N2O4S/c1-3-21-13-9-10-20(2)27(21)33-30(35)28(22-11-5-4-6-12-22)38-24-18-16-23(17-19-24)32-29(34)25-14-7-8-15-26(25)31(36)37/h4-13,16-19,25-26,28H,3,14-15H2,1-2H3,(H,32,34)(H,33,35)(H,36,37)/t25-,26-,28+/m0/s1. The molecule has 0 aliphatic heterocycles. The van der Waals surface area contributed by atoms with Gasteiger partial charge in [-0.2, -0.15) is 0 Å². The van der Waals surface area contributed by atoms with Crippen LogP contribution in [0.15, 0.2) is 89.8 Å². The van der Waals surface area contributed by atoms with Gasteiger partial charge in [0.2, 0.25) is 11.8 Å². The molecular formula is C31H32N2O4S. The molecule has 0 saturated carbocycles. The average molecular weight is 529 g/mol. The maximum absolute atomic E-state index is 13.6. The van der Waals surface area contributed by atoms with Gasteiger partial charge >= 0.3 is 5.97 Å². The Morgan fingerprint density at radius 3 is 2.24 bits per heavy atom. The molecule has 0 fully saturated rings. The number of anilines is 2. The highest BCUT2D eigenvalue weighted by molar-refractivity contribution is 8.00. The Morgan fingerprint density at radius 2 is 1.58 bits per heavy atom. The van der Waals surface area contributed by atoms with Crippen LogP contribution in [0.25, 0.3) is 0 Å². The summed E-state index contributed by atoms with van der Waals surface area (Å²) in [5.41, 5.74) is 4.45. The molecule has 0 unspecified atom stereocenters. The Bertz CT molecular complexity index is 1320. The van der Waals surface area contributed by atoms with Gasteiger partial charge in [-0.05, 0) is 67.1 Å². The largest absolute Gasteiger partial charge is 0.481 e. The van der Waals surface area contributed by atoms with Crippen molar-refractivity contribution in [2.24, 2.45) is 11.8 Å². The molecule has 0 aromatic heterocycles. The fraction of sp³-hybridized carbons (Fsp3) is 0.258. The van der Waals surface area contributed by atoms with Crippen LogP contribution >= 0.6 is 11.8 Å². The molecule has 0 radical (unpaired) electrons. The van der Waals surface area contributed by atoms with Crippen molar-refractivity contribution in [1.29, 1.82) is 0 Å². The number of hydrogen-bond acceptors (Lipinski definition) is 4. The fourth-order valence-corrected chi connectivity index (χ4v) is 5.68. The van der Waals surface area contributed by atoms with E-state index in [0.717, 1.165) is 33.7 Å². The monoisotopic (exact) mass is 528 g/mol. The topological polar surface area (TPSA) is 95.5 Å². The van der Waals surface area contributed by atoms with Crippen molar-refractivity contribution >= 4 is 40.9 Å². The number of thioether (sulfide) groups is 1. The lowest BCUT2D eigenvalue weighted by atomic mass is 9.82. The van der Waals surface area contributed by atoms with Crippen LogP contribution in [0.2, 0.25) is 0 Å². The van der Waals surface area contributed by atoms with Gasteiger partial charge in [0.05, 0.1) is 11.8 Å². The molecule has 3 atom stereocenters. The third-order valence-corrected chi connectivity index (χ3v) is 8.06. The first-order valence-electron chi connectivity index (χ1n) is 12.8. The highest BCUT2D eigenvalue weighted by Gasteiger charge is 2.34. The average Bonchev–Trinajstić information content (AvgIpc) is 2.94. The molecule has 0 heterocycles. The van der Waals surface area contributed by atoms with Crippen molar-refractivity contribution in [3.63, 3.8) is 0 Å². The minimum atomic E-state index is -0.955. The maximum atomic E-state index is 13.6. The van der Waals surface area contributed by atoms with Crippen LogP contribution in [-0.2, 0) is 20.8 Å². The Hall–Kier alpha value is -3.84. The number of aryl methyl sites for hydroxylation is 2. The number of aliphatic carboxylic acids is 1. The number of carbonyl (C=O) groups excluding carboxylic acids is 2. The summed E-state index contributed by atoms with van der Waals surface area (Å²) in [4.78, 5) is 38.8. The number of carboxylic acids is 1. The molecule has 3 aromatic rings. The van der Waals surface area contributed by atoms with E-state index in [1.165, 1.54) is 11.8 Å². The van der Waals surface area contributed by atoms with Crippen LogP contribution in [-0.4, -0.2) is 22.9 Å². The third kappa shape index (κ3) is 6.53. The Labute approximate surface area is 227 Å². The normalized spacial score (nSPS) is 17.4. The highest BCUT2D eigenvalue weighted by Crippen LogP contribution is 2.37. The predicted molar refractivity (Wildman–Crippen MR) is 152 cm³/mol. The number of nitrogens with one attached hydrogen (secondary N) is 2. The number of rotatable bonds is 9. The number of carbonyl (C=O) groups is 3. The second-order valence-corrected chi connectivity index (χ2v) is 10.5. The molecule has 4 rings (SSSR count). The second kappa shape index (κ2) is 12.6. The number of para-hydroxylation sites is 1. The van der Waals surface area contributed by atoms with Crippen LogP contribution in [0, 0.1) is 18.8 Å². The van der Waals surface area contributed by atoms with Gasteiger partial charge in [0.15, 0.2) is 0 Å². The SMILES string of the molecule is CCc1cccc(C)c1NC(=O)[C@H](Sc1ccc(NC(=O)[C@H]2CC=CC[C@@H]2C(=O)O)cc1)c1ccccc1. The molecular weight excluding hydrogens is 496 g/mol. The van der Waals surface area contributed by atoms with Crippen molar-refractivity contribution in [1.82, 2.24) is 0 Å². The molecule has 0 bridgehead atoms. The molecule has 0 spiro atoms. The van der Waals surface area contributed by atoms with E-state index < -0.39 is 23.1 Å². The number of carboxylic acid groups (broad SMARTS) is 1. The zero-order valence-electron chi connectivity index (χ0n) is 21.5. The number of hydrogen-bond donors (Lipinski definition) is 3. The Kier molecular flexibility index (Phi) is 9.02. The van der Waals surface area contributed by atoms with Crippen LogP contribution in [0.5, 0.6) is 0 Å². The smallest absolute Gasteiger partial charge is 0.307 e. The zero-order chi connectivity index (χ0) is 27.1. The van der Waals surface area contributed by atoms with Gasteiger partial charge in [-0.3, -0.25) is 14.4 Å². The van der Waals surface area contributed by atoms with Gasteiger partial charge < -0.3 is 15.7 Å². The van der Waals surface area contributed by atoms with Gasteiger partial charge in [0.25, 0.3) is 0 Å².